The zero-order valence-electron chi connectivity index (χ0n) is 8.14. The highest BCUT2D eigenvalue weighted by Crippen LogP contribution is 2.20. The summed E-state index contributed by atoms with van der Waals surface area (Å²) in [5, 5.41) is 0.820. The molecule has 1 aromatic heterocycles. The van der Waals surface area contributed by atoms with Crippen LogP contribution in [-0.2, 0) is 0 Å². The lowest BCUT2D eigenvalue weighted by atomic mass is 10.1. The average molecular weight is 328 g/mol. The molecule has 0 saturated heterocycles. The van der Waals surface area contributed by atoms with Crippen molar-refractivity contribution < 1.29 is 0 Å². The quantitative estimate of drug-likeness (QED) is 0.365. The molecule has 0 fully saturated rings. The third kappa shape index (κ3) is 2.69. The van der Waals surface area contributed by atoms with Gasteiger partial charge in [0.05, 0.1) is 5.69 Å². The van der Waals surface area contributed by atoms with Crippen LogP contribution < -0.4 is 0 Å². The third-order valence-corrected chi connectivity index (χ3v) is 3.03. The molecule has 0 radical (unpaired) electrons. The van der Waals surface area contributed by atoms with Crippen molar-refractivity contribution in [2.75, 3.05) is 6.26 Å². The fourth-order valence-corrected chi connectivity index (χ4v) is 2.31. The topological polar surface area (TPSA) is 25.8 Å². The van der Waals surface area contributed by atoms with Crippen molar-refractivity contribution >= 4 is 34.4 Å². The van der Waals surface area contributed by atoms with E-state index in [1.165, 1.54) is 0 Å². The first-order chi connectivity index (χ1) is 7.29. The van der Waals surface area contributed by atoms with Gasteiger partial charge >= 0.3 is 0 Å². The molecule has 1 heterocycles. The van der Waals surface area contributed by atoms with Crippen molar-refractivity contribution in [3.05, 3.63) is 40.1 Å². The summed E-state index contributed by atoms with van der Waals surface area (Å²) in [7, 11) is 0. The van der Waals surface area contributed by atoms with Gasteiger partial charge in [0.25, 0.3) is 0 Å². The van der Waals surface area contributed by atoms with E-state index in [0.717, 1.165) is 20.1 Å². The van der Waals surface area contributed by atoms with E-state index in [1.54, 1.807) is 11.8 Å². The van der Waals surface area contributed by atoms with Gasteiger partial charge in [-0.15, -0.1) is 0 Å². The minimum Gasteiger partial charge on any atom is -0.222 e. The fourth-order valence-electron chi connectivity index (χ4n) is 1.24. The Balaban J connectivity index is 2.49. The van der Waals surface area contributed by atoms with Crippen molar-refractivity contribution in [3.8, 4) is 11.3 Å². The normalized spacial score (nSPS) is 10.3. The highest BCUT2D eigenvalue weighted by molar-refractivity contribution is 14.1. The summed E-state index contributed by atoms with van der Waals surface area (Å²) in [5.41, 5.74) is 2.12. The predicted molar refractivity (Wildman–Crippen MR) is 72.0 cm³/mol. The lowest BCUT2D eigenvalue weighted by Crippen LogP contribution is -1.92. The summed E-state index contributed by atoms with van der Waals surface area (Å²) in [6.45, 7) is 0. The Morgan fingerprint density at radius 1 is 1.13 bits per heavy atom. The van der Waals surface area contributed by atoms with E-state index in [1.807, 2.05) is 30.5 Å². The maximum Gasteiger partial charge on any atom is 0.188 e. The molecule has 4 heteroatoms. The zero-order chi connectivity index (χ0) is 10.7. The first-order valence-corrected chi connectivity index (χ1v) is 6.74. The van der Waals surface area contributed by atoms with Crippen LogP contribution in [0.1, 0.15) is 0 Å². The van der Waals surface area contributed by atoms with Crippen LogP contribution in [0.15, 0.2) is 41.6 Å². The van der Waals surface area contributed by atoms with E-state index in [0.29, 0.717) is 0 Å². The Kier molecular flexibility index (Phi) is 3.58. The molecule has 2 aromatic rings. The van der Waals surface area contributed by atoms with Gasteiger partial charge in [-0.2, -0.15) is 0 Å². The summed E-state index contributed by atoms with van der Waals surface area (Å²) in [5.74, 6) is 0. The molecule has 0 saturated carbocycles. The number of nitrogens with zero attached hydrogens (tertiary/aromatic N) is 2. The maximum absolute atomic E-state index is 4.47. The van der Waals surface area contributed by atoms with Crippen LogP contribution in [0.4, 0.5) is 0 Å². The van der Waals surface area contributed by atoms with Gasteiger partial charge in [-0.3, -0.25) is 0 Å². The van der Waals surface area contributed by atoms with E-state index < -0.39 is 0 Å². The first-order valence-electron chi connectivity index (χ1n) is 4.43. The van der Waals surface area contributed by atoms with Gasteiger partial charge in [0.2, 0.25) is 0 Å². The van der Waals surface area contributed by atoms with E-state index in [9.17, 15) is 0 Å². The van der Waals surface area contributed by atoms with E-state index in [4.69, 9.17) is 0 Å². The van der Waals surface area contributed by atoms with Crippen molar-refractivity contribution in [2.24, 2.45) is 0 Å². The van der Waals surface area contributed by atoms with E-state index in [2.05, 4.69) is 44.7 Å². The molecule has 0 amide bonds. The van der Waals surface area contributed by atoms with Crippen LogP contribution in [0.25, 0.3) is 11.3 Å². The Morgan fingerprint density at radius 3 is 2.53 bits per heavy atom. The molecule has 0 unspecified atom stereocenters. The minimum absolute atomic E-state index is 0.820. The second kappa shape index (κ2) is 4.94. The molecule has 76 valence electrons. The molecular weight excluding hydrogens is 319 g/mol. The monoisotopic (exact) mass is 328 g/mol. The largest absolute Gasteiger partial charge is 0.222 e. The minimum atomic E-state index is 0.820. The Hall–Kier alpha value is -0.620. The average Bonchev–Trinajstić information content (AvgIpc) is 2.29. The SMILES string of the molecule is CSc1nc(I)cc(-c2ccccc2)n1. The molecule has 0 aliphatic rings. The number of hydrogen-bond acceptors (Lipinski definition) is 3. The van der Waals surface area contributed by atoms with Crippen molar-refractivity contribution in [1.29, 1.82) is 0 Å². The highest BCUT2D eigenvalue weighted by atomic mass is 127. The van der Waals surface area contributed by atoms with Gasteiger partial charge in [0.1, 0.15) is 3.70 Å². The molecule has 15 heavy (non-hydrogen) atoms. The van der Waals surface area contributed by atoms with Gasteiger partial charge in [0.15, 0.2) is 5.16 Å². The standard InChI is InChI=1S/C11H9IN2S/c1-15-11-13-9(7-10(12)14-11)8-5-3-2-4-6-8/h2-7H,1H3. The summed E-state index contributed by atoms with van der Waals surface area (Å²) in [4.78, 5) is 8.79. The van der Waals surface area contributed by atoms with Crippen molar-refractivity contribution in [2.45, 2.75) is 5.16 Å². The summed E-state index contributed by atoms with van der Waals surface area (Å²) in [6.07, 6.45) is 1.99. The molecule has 0 bridgehead atoms. The third-order valence-electron chi connectivity index (χ3n) is 1.93. The molecular formula is C11H9IN2S. The van der Waals surface area contributed by atoms with Gasteiger partial charge in [-0.05, 0) is 34.9 Å². The van der Waals surface area contributed by atoms with Crippen LogP contribution in [0.2, 0.25) is 0 Å². The Morgan fingerprint density at radius 2 is 1.87 bits per heavy atom. The maximum atomic E-state index is 4.47. The lowest BCUT2D eigenvalue weighted by molar-refractivity contribution is 0.955. The fraction of sp³-hybridized carbons (Fsp3) is 0.0909. The van der Waals surface area contributed by atoms with Crippen molar-refractivity contribution in [3.63, 3.8) is 0 Å². The number of thioether (sulfide) groups is 1. The van der Waals surface area contributed by atoms with Crippen LogP contribution in [0.3, 0.4) is 0 Å². The predicted octanol–water partition coefficient (Wildman–Crippen LogP) is 3.47. The molecule has 0 N–H and O–H groups in total. The number of rotatable bonds is 2. The lowest BCUT2D eigenvalue weighted by Gasteiger charge is -2.03. The van der Waals surface area contributed by atoms with Gasteiger partial charge in [-0.1, -0.05) is 42.1 Å². The van der Waals surface area contributed by atoms with E-state index >= 15 is 0 Å². The summed E-state index contributed by atoms with van der Waals surface area (Å²) < 4.78 is 0.978. The number of benzene rings is 1. The molecule has 0 aliphatic carbocycles. The van der Waals surface area contributed by atoms with Crippen LogP contribution in [0.5, 0.6) is 0 Å². The van der Waals surface area contributed by atoms with Gasteiger partial charge in [0, 0.05) is 5.56 Å². The summed E-state index contributed by atoms with van der Waals surface area (Å²) >= 11 is 3.78. The smallest absolute Gasteiger partial charge is 0.188 e. The molecule has 0 atom stereocenters. The Labute approximate surface area is 107 Å². The zero-order valence-corrected chi connectivity index (χ0v) is 11.1. The number of aromatic nitrogens is 2. The van der Waals surface area contributed by atoms with Crippen molar-refractivity contribution in [1.82, 2.24) is 9.97 Å². The second-order valence-corrected chi connectivity index (χ2v) is 4.81. The number of halogens is 1. The molecule has 0 spiro atoms. The molecule has 1 aromatic carbocycles. The summed E-state index contributed by atoms with van der Waals surface area (Å²) in [6, 6.07) is 12.2. The van der Waals surface area contributed by atoms with Gasteiger partial charge < -0.3 is 0 Å². The molecule has 2 rings (SSSR count). The highest BCUT2D eigenvalue weighted by Gasteiger charge is 2.03. The van der Waals surface area contributed by atoms with Crippen LogP contribution in [0, 0.1) is 3.70 Å². The van der Waals surface area contributed by atoms with E-state index in [-0.39, 0.29) is 0 Å². The molecule has 2 nitrogen and oxygen atoms in total. The van der Waals surface area contributed by atoms with Crippen LogP contribution >= 0.6 is 34.4 Å². The first kappa shape index (κ1) is 10.9. The molecule has 0 aliphatic heterocycles. The number of hydrogen-bond donors (Lipinski definition) is 0. The van der Waals surface area contributed by atoms with Gasteiger partial charge in [-0.25, -0.2) is 9.97 Å². The van der Waals surface area contributed by atoms with Crippen LogP contribution in [-0.4, -0.2) is 16.2 Å². The second-order valence-electron chi connectivity index (χ2n) is 2.93. The Bertz CT molecular complexity index is 459.